The lowest BCUT2D eigenvalue weighted by Crippen LogP contribution is -2.18. The van der Waals surface area contributed by atoms with E-state index in [2.05, 4.69) is 14.8 Å². The van der Waals surface area contributed by atoms with Gasteiger partial charge in [-0.3, -0.25) is 0 Å². The molecule has 0 N–H and O–H groups in total. The minimum Gasteiger partial charge on any atom is -0.360 e. The summed E-state index contributed by atoms with van der Waals surface area (Å²) in [4.78, 5) is 10.6. The molecule has 17 heavy (non-hydrogen) atoms. The van der Waals surface area contributed by atoms with Crippen LogP contribution in [0.15, 0.2) is 30.5 Å². The number of hydrogen-bond acceptors (Lipinski definition) is 4. The van der Waals surface area contributed by atoms with Crippen molar-refractivity contribution >= 4 is 25.8 Å². The van der Waals surface area contributed by atoms with Gasteiger partial charge in [0.05, 0.1) is 11.8 Å². The lowest BCUT2D eigenvalue weighted by Gasteiger charge is -1.97. The largest absolute Gasteiger partial charge is 0.448 e. The molecule has 2 rings (SSSR count). The van der Waals surface area contributed by atoms with Gasteiger partial charge in [-0.25, -0.2) is 18.4 Å². The van der Waals surface area contributed by atoms with Crippen molar-refractivity contribution in [1.82, 2.24) is 9.97 Å². The fourth-order valence-electron chi connectivity index (χ4n) is 1.36. The highest BCUT2D eigenvalue weighted by molar-refractivity contribution is 8.06. The van der Waals surface area contributed by atoms with Crippen LogP contribution < -0.4 is 0 Å². The van der Waals surface area contributed by atoms with Gasteiger partial charge in [-0.05, 0) is 6.07 Å². The first-order valence-corrected chi connectivity index (χ1v) is 6.56. The lowest BCUT2D eigenvalue weighted by atomic mass is 10.2. The first kappa shape index (κ1) is 11.4. The van der Waals surface area contributed by atoms with Gasteiger partial charge in [0, 0.05) is 11.6 Å². The van der Waals surface area contributed by atoms with Gasteiger partial charge in [0.2, 0.25) is 0 Å². The van der Waals surface area contributed by atoms with Gasteiger partial charge in [0.25, 0.3) is 15.7 Å². The topological polar surface area (TPSA) is 96.3 Å². The number of para-hydroxylation sites is 1. The quantitative estimate of drug-likeness (QED) is 0.320. The molecule has 0 aliphatic heterocycles. The van der Waals surface area contributed by atoms with E-state index in [0.29, 0.717) is 5.52 Å². The highest BCUT2D eigenvalue weighted by atomic mass is 32.2. The monoisotopic (exact) mass is 248 g/mol. The Morgan fingerprint density at radius 2 is 2.06 bits per heavy atom. The summed E-state index contributed by atoms with van der Waals surface area (Å²) < 4.78 is 22.7. The van der Waals surface area contributed by atoms with Gasteiger partial charge in [-0.15, -0.1) is 4.79 Å². The maximum absolute atomic E-state index is 11.3. The highest BCUT2D eigenvalue weighted by Gasteiger charge is 2.28. The summed E-state index contributed by atoms with van der Waals surface area (Å²) in [6.07, 6.45) is 2.41. The Morgan fingerprint density at radius 3 is 2.71 bits per heavy atom. The molecule has 0 aliphatic carbocycles. The molecule has 1 aromatic carbocycles. The molecule has 2 aromatic rings. The lowest BCUT2D eigenvalue weighted by molar-refractivity contribution is 0.0000227. The van der Waals surface area contributed by atoms with E-state index in [0.717, 1.165) is 11.6 Å². The third-order valence-electron chi connectivity index (χ3n) is 2.12. The van der Waals surface area contributed by atoms with E-state index in [1.807, 2.05) is 6.07 Å². The van der Waals surface area contributed by atoms with Gasteiger partial charge in [-0.2, -0.15) is 0 Å². The molecule has 86 valence electrons. The molecule has 1 aromatic heterocycles. The Morgan fingerprint density at radius 1 is 1.35 bits per heavy atom. The van der Waals surface area contributed by atoms with Gasteiger partial charge in [-0.1, -0.05) is 18.2 Å². The van der Waals surface area contributed by atoms with E-state index in [9.17, 15) is 8.42 Å². The standard InChI is InChI=1S/C10H8N4O2S/c1-17(15,16)10(14-11)9-12-6-7-4-2-3-5-8(7)13-9/h2-6H,1H3. The number of aromatic nitrogens is 2. The molecule has 6 nitrogen and oxygen atoms in total. The SMILES string of the molecule is CS(=O)(=O)C(=[N+]=[N-])c1ncc2ccccc2n1. The maximum atomic E-state index is 11.3. The summed E-state index contributed by atoms with van der Waals surface area (Å²) in [6, 6.07) is 7.12. The molecule has 0 aliphatic rings. The molecule has 0 saturated heterocycles. The first-order valence-electron chi connectivity index (χ1n) is 4.66. The van der Waals surface area contributed by atoms with Crippen molar-refractivity contribution in [2.75, 3.05) is 6.26 Å². The number of fused-ring (bicyclic) bond motifs is 1. The smallest absolute Gasteiger partial charge is 0.360 e. The fourth-order valence-corrected chi connectivity index (χ4v) is 1.94. The average Bonchev–Trinajstić information content (AvgIpc) is 2.28. The van der Waals surface area contributed by atoms with Crippen LogP contribution in [0.5, 0.6) is 0 Å². The molecule has 0 atom stereocenters. The highest BCUT2D eigenvalue weighted by Crippen LogP contribution is 2.10. The van der Waals surface area contributed by atoms with Crippen LogP contribution in [0.4, 0.5) is 0 Å². The summed E-state index contributed by atoms with van der Waals surface area (Å²) >= 11 is 0. The molecule has 0 spiro atoms. The van der Waals surface area contributed by atoms with E-state index < -0.39 is 14.9 Å². The van der Waals surface area contributed by atoms with Crippen LogP contribution >= 0.6 is 0 Å². The molecule has 1 heterocycles. The Labute approximate surface area is 97.5 Å². The van der Waals surface area contributed by atoms with E-state index >= 15 is 0 Å². The summed E-state index contributed by atoms with van der Waals surface area (Å²) in [5, 5.41) is 0.241. The molecular formula is C10H8N4O2S. The Kier molecular flexibility index (Phi) is 2.71. The minimum absolute atomic E-state index is 0.117. The number of nitrogens with zero attached hydrogens (tertiary/aromatic N) is 4. The molecular weight excluding hydrogens is 240 g/mol. The molecule has 0 amide bonds. The molecule has 0 bridgehead atoms. The Balaban J connectivity index is 2.69. The maximum Gasteiger partial charge on any atom is 0.448 e. The van der Waals surface area contributed by atoms with E-state index in [4.69, 9.17) is 5.53 Å². The molecule has 0 saturated carbocycles. The van der Waals surface area contributed by atoms with Crippen molar-refractivity contribution in [2.45, 2.75) is 0 Å². The third-order valence-corrected chi connectivity index (χ3v) is 3.09. The predicted molar refractivity (Wildman–Crippen MR) is 62.1 cm³/mol. The Bertz CT molecular complexity index is 733. The second kappa shape index (κ2) is 4.04. The van der Waals surface area contributed by atoms with E-state index in [-0.39, 0.29) is 5.82 Å². The predicted octanol–water partition coefficient (Wildman–Crippen LogP) is 0.651. The molecule has 7 heteroatoms. The van der Waals surface area contributed by atoms with Crippen LogP contribution in [0.1, 0.15) is 5.82 Å². The fraction of sp³-hybridized carbons (Fsp3) is 0.100. The summed E-state index contributed by atoms with van der Waals surface area (Å²) in [5.41, 5.74) is 9.30. The van der Waals surface area contributed by atoms with E-state index in [1.165, 1.54) is 6.20 Å². The Hall–Kier alpha value is -2.11. The van der Waals surface area contributed by atoms with Crippen LogP contribution in [-0.2, 0) is 9.84 Å². The van der Waals surface area contributed by atoms with Gasteiger partial charge >= 0.3 is 5.04 Å². The van der Waals surface area contributed by atoms with Crippen molar-refractivity contribution < 1.29 is 13.2 Å². The molecule has 0 fully saturated rings. The van der Waals surface area contributed by atoms with Crippen LogP contribution in [0.25, 0.3) is 16.4 Å². The van der Waals surface area contributed by atoms with Crippen LogP contribution in [0.2, 0.25) is 0 Å². The zero-order valence-corrected chi connectivity index (χ0v) is 9.72. The summed E-state index contributed by atoms with van der Waals surface area (Å²) in [7, 11) is -3.66. The average molecular weight is 248 g/mol. The van der Waals surface area contributed by atoms with Gasteiger partial charge < -0.3 is 5.53 Å². The molecule has 0 unspecified atom stereocenters. The van der Waals surface area contributed by atoms with Crippen LogP contribution in [-0.4, -0.2) is 34.5 Å². The van der Waals surface area contributed by atoms with Crippen molar-refractivity contribution in [1.29, 1.82) is 0 Å². The van der Waals surface area contributed by atoms with Gasteiger partial charge in [0.1, 0.15) is 0 Å². The van der Waals surface area contributed by atoms with Crippen molar-refractivity contribution in [3.8, 4) is 0 Å². The van der Waals surface area contributed by atoms with Crippen LogP contribution in [0, 0.1) is 0 Å². The van der Waals surface area contributed by atoms with Gasteiger partial charge in [0.15, 0.2) is 0 Å². The number of hydrogen-bond donors (Lipinski definition) is 0. The van der Waals surface area contributed by atoms with Crippen LogP contribution in [0.3, 0.4) is 0 Å². The second-order valence-electron chi connectivity index (χ2n) is 3.43. The normalized spacial score (nSPS) is 11.1. The van der Waals surface area contributed by atoms with Crippen molar-refractivity contribution in [3.63, 3.8) is 0 Å². The zero-order valence-electron chi connectivity index (χ0n) is 8.90. The third kappa shape index (κ3) is 2.20. The minimum atomic E-state index is -3.66. The first-order chi connectivity index (χ1) is 8.02. The number of rotatable bonds is 1. The number of benzene rings is 1. The zero-order chi connectivity index (χ0) is 12.5. The second-order valence-corrected chi connectivity index (χ2v) is 5.36. The number of sulfone groups is 1. The van der Waals surface area contributed by atoms with Crippen molar-refractivity contribution in [3.05, 3.63) is 41.8 Å². The molecule has 0 radical (unpaired) electrons. The van der Waals surface area contributed by atoms with Crippen molar-refractivity contribution in [2.24, 2.45) is 0 Å². The summed E-state index contributed by atoms with van der Waals surface area (Å²) in [6.45, 7) is 0. The summed E-state index contributed by atoms with van der Waals surface area (Å²) in [5.74, 6) is -0.117. The van der Waals surface area contributed by atoms with E-state index in [1.54, 1.807) is 18.2 Å².